The van der Waals surface area contributed by atoms with E-state index in [2.05, 4.69) is 4.98 Å². The van der Waals surface area contributed by atoms with Gasteiger partial charge in [0, 0.05) is 10.9 Å². The number of benzene rings is 2. The quantitative estimate of drug-likeness (QED) is 0.747. The van der Waals surface area contributed by atoms with Crippen LogP contribution in [0.4, 0.5) is 6.01 Å². The van der Waals surface area contributed by atoms with Crippen LogP contribution in [-0.4, -0.2) is 12.1 Å². The number of hydrogen-bond acceptors (Lipinski definition) is 4. The largest absolute Gasteiger partial charge is 0.495 e. The molecule has 3 aromatic rings. The molecule has 0 aliphatic rings. The van der Waals surface area contributed by atoms with Crippen molar-refractivity contribution in [2.45, 2.75) is 0 Å². The number of aromatic nitrogens is 1. The Bertz CT molecular complexity index is 704. The minimum atomic E-state index is 0.153. The molecule has 0 radical (unpaired) electrons. The van der Waals surface area contributed by atoms with Gasteiger partial charge in [0.15, 0.2) is 0 Å². The van der Waals surface area contributed by atoms with Crippen molar-refractivity contribution in [3.63, 3.8) is 0 Å². The Morgan fingerprint density at radius 3 is 2.72 bits per heavy atom. The summed E-state index contributed by atoms with van der Waals surface area (Å²) in [7, 11) is 1.65. The minimum absolute atomic E-state index is 0.153. The van der Waals surface area contributed by atoms with Crippen LogP contribution in [0.5, 0.6) is 5.75 Å². The normalized spacial score (nSPS) is 10.7. The molecule has 0 aliphatic heterocycles. The van der Waals surface area contributed by atoms with Crippen LogP contribution in [0.1, 0.15) is 0 Å². The van der Waals surface area contributed by atoms with Gasteiger partial charge in [-0.2, -0.15) is 4.98 Å². The van der Waals surface area contributed by atoms with Crippen molar-refractivity contribution < 1.29 is 9.15 Å². The Morgan fingerprint density at radius 2 is 2.00 bits per heavy atom. The molecule has 0 saturated carbocycles. The summed E-state index contributed by atoms with van der Waals surface area (Å²) in [4.78, 5) is 4.13. The predicted molar refractivity (Wildman–Crippen MR) is 70.4 cm³/mol. The van der Waals surface area contributed by atoms with Crippen LogP contribution in [0.2, 0.25) is 0 Å². The summed E-state index contributed by atoms with van der Waals surface area (Å²) in [6, 6.07) is 12.2. The second kappa shape index (κ2) is 4.07. The monoisotopic (exact) mass is 240 g/mol. The maximum atomic E-state index is 5.50. The summed E-state index contributed by atoms with van der Waals surface area (Å²) in [5.74, 6) is 0.779. The van der Waals surface area contributed by atoms with Gasteiger partial charge in [0.25, 0.3) is 6.01 Å². The topological polar surface area (TPSA) is 61.3 Å². The van der Waals surface area contributed by atoms with Crippen LogP contribution >= 0.6 is 0 Å². The molecule has 2 N–H and O–H groups in total. The summed E-state index contributed by atoms with van der Waals surface area (Å²) >= 11 is 0. The van der Waals surface area contributed by atoms with E-state index in [1.165, 1.54) is 6.26 Å². The Kier molecular flexibility index (Phi) is 2.41. The second-order valence-electron chi connectivity index (χ2n) is 3.94. The molecular weight excluding hydrogens is 228 g/mol. The van der Waals surface area contributed by atoms with E-state index >= 15 is 0 Å². The molecule has 0 fully saturated rings. The van der Waals surface area contributed by atoms with Crippen LogP contribution in [0.15, 0.2) is 47.1 Å². The Labute approximate surface area is 104 Å². The molecule has 0 aliphatic carbocycles. The number of anilines is 1. The van der Waals surface area contributed by atoms with Gasteiger partial charge in [-0.3, -0.25) is 0 Å². The highest BCUT2D eigenvalue weighted by Gasteiger charge is 2.12. The summed E-state index contributed by atoms with van der Waals surface area (Å²) in [5, 5.41) is 2.16. The van der Waals surface area contributed by atoms with Crippen LogP contribution in [0.25, 0.3) is 22.0 Å². The number of fused-ring (bicyclic) bond motifs is 1. The molecular formula is C14H12N2O2. The highest BCUT2D eigenvalue weighted by Crippen LogP contribution is 2.36. The first-order valence-corrected chi connectivity index (χ1v) is 5.56. The van der Waals surface area contributed by atoms with E-state index in [0.717, 1.165) is 22.1 Å². The van der Waals surface area contributed by atoms with Gasteiger partial charge in [-0.15, -0.1) is 0 Å². The van der Waals surface area contributed by atoms with E-state index in [9.17, 15) is 0 Å². The van der Waals surface area contributed by atoms with Crippen LogP contribution in [0.3, 0.4) is 0 Å². The summed E-state index contributed by atoms with van der Waals surface area (Å²) in [6.07, 6.45) is 1.53. The van der Waals surface area contributed by atoms with Gasteiger partial charge >= 0.3 is 0 Å². The third-order valence-electron chi connectivity index (χ3n) is 2.88. The molecule has 1 heterocycles. The zero-order valence-corrected chi connectivity index (χ0v) is 9.88. The molecule has 3 rings (SSSR count). The molecule has 18 heavy (non-hydrogen) atoms. The fraction of sp³-hybridized carbons (Fsp3) is 0.0714. The van der Waals surface area contributed by atoms with E-state index in [0.29, 0.717) is 5.69 Å². The lowest BCUT2D eigenvalue weighted by Gasteiger charge is -2.09. The zero-order valence-electron chi connectivity index (χ0n) is 9.88. The van der Waals surface area contributed by atoms with E-state index in [1.54, 1.807) is 7.11 Å². The lowest BCUT2D eigenvalue weighted by molar-refractivity contribution is 0.421. The van der Waals surface area contributed by atoms with Gasteiger partial charge in [0.2, 0.25) is 0 Å². The fourth-order valence-electron chi connectivity index (χ4n) is 2.08. The number of nitrogen functional groups attached to an aromatic ring is 1. The Balaban J connectivity index is 2.29. The summed E-state index contributed by atoms with van der Waals surface area (Å²) < 4.78 is 10.5. The van der Waals surface area contributed by atoms with Gasteiger partial charge in [0.1, 0.15) is 17.7 Å². The number of ether oxygens (including phenoxy) is 1. The lowest BCUT2D eigenvalue weighted by Crippen LogP contribution is -1.90. The highest BCUT2D eigenvalue weighted by atomic mass is 16.5. The van der Waals surface area contributed by atoms with Crippen LogP contribution in [-0.2, 0) is 0 Å². The number of nitrogens with two attached hydrogens (primary N) is 1. The SMILES string of the molecule is COc1c(-c2coc(N)n2)ccc2ccccc12. The van der Waals surface area contributed by atoms with Crippen molar-refractivity contribution >= 4 is 16.8 Å². The lowest BCUT2D eigenvalue weighted by atomic mass is 10.0. The second-order valence-corrected chi connectivity index (χ2v) is 3.94. The average molecular weight is 240 g/mol. The third-order valence-corrected chi connectivity index (χ3v) is 2.88. The molecule has 90 valence electrons. The van der Waals surface area contributed by atoms with Crippen molar-refractivity contribution in [1.82, 2.24) is 4.98 Å². The van der Waals surface area contributed by atoms with E-state index in [-0.39, 0.29) is 6.01 Å². The molecule has 0 unspecified atom stereocenters. The standard InChI is InChI=1S/C14H12N2O2/c1-17-13-10-5-3-2-4-9(10)6-7-11(13)12-8-18-14(15)16-12/h2-8H,1H3,(H2,15,16). The summed E-state index contributed by atoms with van der Waals surface area (Å²) in [6.45, 7) is 0. The van der Waals surface area contributed by atoms with Crippen molar-refractivity contribution in [2.24, 2.45) is 0 Å². The van der Waals surface area contributed by atoms with E-state index in [1.807, 2.05) is 36.4 Å². The molecule has 0 bridgehead atoms. The molecule has 1 aromatic heterocycles. The van der Waals surface area contributed by atoms with Crippen molar-refractivity contribution in [2.75, 3.05) is 12.8 Å². The first-order chi connectivity index (χ1) is 8.79. The van der Waals surface area contributed by atoms with Gasteiger partial charge in [-0.05, 0) is 11.5 Å². The number of methoxy groups -OCH3 is 1. The van der Waals surface area contributed by atoms with Gasteiger partial charge in [-0.25, -0.2) is 0 Å². The maximum Gasteiger partial charge on any atom is 0.292 e. The average Bonchev–Trinajstić information content (AvgIpc) is 2.84. The number of oxazole rings is 1. The van der Waals surface area contributed by atoms with Gasteiger partial charge < -0.3 is 14.9 Å². The van der Waals surface area contributed by atoms with Crippen molar-refractivity contribution in [1.29, 1.82) is 0 Å². The third kappa shape index (κ3) is 1.59. The van der Waals surface area contributed by atoms with Gasteiger partial charge in [0.05, 0.1) is 7.11 Å². The number of nitrogens with zero attached hydrogens (tertiary/aromatic N) is 1. The Morgan fingerprint density at radius 1 is 1.17 bits per heavy atom. The molecule has 0 saturated heterocycles. The Hall–Kier alpha value is -2.49. The first kappa shape index (κ1) is 10.7. The smallest absolute Gasteiger partial charge is 0.292 e. The molecule has 4 heteroatoms. The molecule has 0 spiro atoms. The van der Waals surface area contributed by atoms with Crippen molar-refractivity contribution in [3.05, 3.63) is 42.7 Å². The molecule has 0 atom stereocenters. The number of rotatable bonds is 2. The fourth-order valence-corrected chi connectivity index (χ4v) is 2.08. The highest BCUT2D eigenvalue weighted by molar-refractivity contribution is 5.94. The maximum absolute atomic E-state index is 5.50. The minimum Gasteiger partial charge on any atom is -0.495 e. The zero-order chi connectivity index (χ0) is 12.5. The summed E-state index contributed by atoms with van der Waals surface area (Å²) in [5.41, 5.74) is 7.05. The molecule has 4 nitrogen and oxygen atoms in total. The number of hydrogen-bond donors (Lipinski definition) is 1. The van der Waals surface area contributed by atoms with E-state index < -0.39 is 0 Å². The first-order valence-electron chi connectivity index (χ1n) is 5.56. The van der Waals surface area contributed by atoms with E-state index in [4.69, 9.17) is 14.9 Å². The van der Waals surface area contributed by atoms with Crippen LogP contribution in [0, 0.1) is 0 Å². The van der Waals surface area contributed by atoms with Crippen LogP contribution < -0.4 is 10.5 Å². The van der Waals surface area contributed by atoms with Crippen molar-refractivity contribution in [3.8, 4) is 17.0 Å². The molecule has 0 amide bonds. The molecule has 2 aromatic carbocycles. The predicted octanol–water partition coefficient (Wildman–Crippen LogP) is 3.09. The van der Waals surface area contributed by atoms with Gasteiger partial charge in [-0.1, -0.05) is 30.3 Å².